The summed E-state index contributed by atoms with van der Waals surface area (Å²) < 4.78 is 0. The molecule has 0 aliphatic rings. The van der Waals surface area contributed by atoms with Gasteiger partial charge in [0.25, 0.3) is 0 Å². The molecule has 0 aliphatic carbocycles. The van der Waals surface area contributed by atoms with E-state index >= 15 is 0 Å². The van der Waals surface area contributed by atoms with E-state index in [1.807, 2.05) is 24.3 Å². The Labute approximate surface area is 84.7 Å². The van der Waals surface area contributed by atoms with Gasteiger partial charge in [0, 0.05) is 10.9 Å². The summed E-state index contributed by atoms with van der Waals surface area (Å²) in [4.78, 5) is 11.6. The highest BCUT2D eigenvalue weighted by atomic mass is 35.5. The Bertz CT molecular complexity index is 615. The van der Waals surface area contributed by atoms with Crippen molar-refractivity contribution in [1.82, 2.24) is 15.0 Å². The third-order valence-corrected chi connectivity index (χ3v) is 2.36. The van der Waals surface area contributed by atoms with Crippen molar-refractivity contribution >= 4 is 33.7 Å². The minimum Gasteiger partial charge on any atom is -0.338 e. The molecule has 0 saturated heterocycles. The fourth-order valence-electron chi connectivity index (χ4n) is 1.57. The van der Waals surface area contributed by atoms with E-state index in [4.69, 9.17) is 11.6 Å². The Morgan fingerprint density at radius 3 is 3.00 bits per heavy atom. The molecule has 2 heterocycles. The number of hydrogen-bond acceptors (Lipinski definition) is 2. The predicted molar refractivity (Wildman–Crippen MR) is 56.4 cm³/mol. The highest BCUT2D eigenvalue weighted by molar-refractivity contribution is 6.29. The fraction of sp³-hybridized carbons (Fsp3) is 0. The van der Waals surface area contributed by atoms with Crippen molar-refractivity contribution in [3.05, 3.63) is 35.6 Å². The van der Waals surface area contributed by atoms with Crippen molar-refractivity contribution in [1.29, 1.82) is 0 Å². The molecule has 4 heteroatoms. The number of rotatable bonds is 0. The molecule has 0 radical (unpaired) electrons. The first kappa shape index (κ1) is 7.76. The average Bonchev–Trinajstić information content (AvgIpc) is 2.56. The van der Waals surface area contributed by atoms with Crippen molar-refractivity contribution < 1.29 is 0 Å². The Kier molecular flexibility index (Phi) is 1.49. The highest BCUT2D eigenvalue weighted by Gasteiger charge is 2.05. The van der Waals surface area contributed by atoms with Gasteiger partial charge in [-0.25, -0.2) is 9.97 Å². The molecule has 2 aromatic heterocycles. The number of para-hydroxylation sites is 1. The molecule has 0 aliphatic heterocycles. The number of aromatic nitrogens is 3. The molecule has 1 aromatic carbocycles. The van der Waals surface area contributed by atoms with Crippen molar-refractivity contribution in [2.45, 2.75) is 0 Å². The molecule has 0 saturated carbocycles. The molecule has 0 spiro atoms. The van der Waals surface area contributed by atoms with E-state index in [2.05, 4.69) is 15.0 Å². The second-order valence-corrected chi connectivity index (χ2v) is 3.45. The topological polar surface area (TPSA) is 41.6 Å². The van der Waals surface area contributed by atoms with Crippen molar-refractivity contribution in [3.8, 4) is 0 Å². The summed E-state index contributed by atoms with van der Waals surface area (Å²) in [7, 11) is 0. The normalized spacial score (nSPS) is 11.2. The Morgan fingerprint density at radius 2 is 2.07 bits per heavy atom. The van der Waals surface area contributed by atoms with Gasteiger partial charge in [0.2, 0.25) is 0 Å². The van der Waals surface area contributed by atoms with Crippen LogP contribution in [0.4, 0.5) is 0 Å². The lowest BCUT2D eigenvalue weighted by atomic mass is 10.2. The van der Waals surface area contributed by atoms with Crippen molar-refractivity contribution in [2.24, 2.45) is 0 Å². The number of hydrogen-bond donors (Lipinski definition) is 1. The molecule has 0 fully saturated rings. The minimum atomic E-state index is 0.419. The number of H-pyrrole nitrogens is 1. The summed E-state index contributed by atoms with van der Waals surface area (Å²) in [6, 6.07) is 7.93. The van der Waals surface area contributed by atoms with E-state index < -0.39 is 0 Å². The monoisotopic (exact) mass is 203 g/mol. The smallest absolute Gasteiger partial charge is 0.157 e. The van der Waals surface area contributed by atoms with Gasteiger partial charge < -0.3 is 4.98 Å². The van der Waals surface area contributed by atoms with Crippen LogP contribution in [0.25, 0.3) is 22.1 Å². The molecule has 3 rings (SSSR count). The van der Waals surface area contributed by atoms with Gasteiger partial charge >= 0.3 is 0 Å². The maximum absolute atomic E-state index is 5.79. The molecule has 1 N–H and O–H groups in total. The number of nitrogens with one attached hydrogen (secondary N) is 1. The zero-order chi connectivity index (χ0) is 9.54. The van der Waals surface area contributed by atoms with E-state index in [-0.39, 0.29) is 0 Å². The largest absolute Gasteiger partial charge is 0.338 e. The Hall–Kier alpha value is -1.61. The number of benzene rings is 1. The molecule has 68 valence electrons. The molecule has 3 aromatic rings. The van der Waals surface area contributed by atoms with Crippen LogP contribution in [0.2, 0.25) is 5.15 Å². The lowest BCUT2D eigenvalue weighted by molar-refractivity contribution is 1.27. The number of halogens is 1. The van der Waals surface area contributed by atoms with Crippen LogP contribution in [-0.2, 0) is 0 Å². The summed E-state index contributed by atoms with van der Waals surface area (Å²) in [6.07, 6.45) is 1.54. The number of nitrogens with zero attached hydrogens (tertiary/aromatic N) is 2. The maximum Gasteiger partial charge on any atom is 0.157 e. The van der Waals surface area contributed by atoms with Crippen LogP contribution >= 0.6 is 11.6 Å². The summed E-state index contributed by atoms with van der Waals surface area (Å²) in [5.74, 6) is 0. The van der Waals surface area contributed by atoms with Crippen LogP contribution in [0, 0.1) is 0 Å². The predicted octanol–water partition coefficient (Wildman–Crippen LogP) is 2.76. The second-order valence-electron chi connectivity index (χ2n) is 3.06. The minimum absolute atomic E-state index is 0.419. The van der Waals surface area contributed by atoms with Crippen LogP contribution in [0.15, 0.2) is 30.5 Å². The van der Waals surface area contributed by atoms with Gasteiger partial charge in [-0.1, -0.05) is 29.8 Å². The fourth-order valence-corrected chi connectivity index (χ4v) is 1.71. The van der Waals surface area contributed by atoms with E-state index in [1.54, 1.807) is 6.20 Å². The first-order valence-electron chi connectivity index (χ1n) is 4.23. The van der Waals surface area contributed by atoms with Gasteiger partial charge in [-0.05, 0) is 6.07 Å². The third kappa shape index (κ3) is 0.992. The highest BCUT2D eigenvalue weighted by Crippen LogP contribution is 2.22. The maximum atomic E-state index is 5.79. The van der Waals surface area contributed by atoms with Gasteiger partial charge in [-0.3, -0.25) is 0 Å². The van der Waals surface area contributed by atoms with E-state index in [9.17, 15) is 0 Å². The second kappa shape index (κ2) is 2.69. The van der Waals surface area contributed by atoms with Crippen LogP contribution in [0.1, 0.15) is 0 Å². The quantitative estimate of drug-likeness (QED) is 0.611. The van der Waals surface area contributed by atoms with E-state index in [1.165, 1.54) is 0 Å². The summed E-state index contributed by atoms with van der Waals surface area (Å²) in [5.41, 5.74) is 2.63. The lowest BCUT2D eigenvalue weighted by Crippen LogP contribution is -1.80. The van der Waals surface area contributed by atoms with Crippen LogP contribution < -0.4 is 0 Å². The molecule has 0 amide bonds. The van der Waals surface area contributed by atoms with Crippen molar-refractivity contribution in [3.63, 3.8) is 0 Å². The third-order valence-electron chi connectivity index (χ3n) is 2.18. The molecule has 0 atom stereocenters. The molecule has 0 bridgehead atoms. The SMILES string of the molecule is Clc1cnc2[nH]c3ccccc3c2n1. The summed E-state index contributed by atoms with van der Waals surface area (Å²) in [6.45, 7) is 0. The molecule has 3 nitrogen and oxygen atoms in total. The Morgan fingerprint density at radius 1 is 1.21 bits per heavy atom. The van der Waals surface area contributed by atoms with Gasteiger partial charge in [-0.15, -0.1) is 0 Å². The van der Waals surface area contributed by atoms with E-state index in [0.29, 0.717) is 5.15 Å². The van der Waals surface area contributed by atoms with Crippen LogP contribution in [-0.4, -0.2) is 15.0 Å². The lowest BCUT2D eigenvalue weighted by Gasteiger charge is -1.89. The van der Waals surface area contributed by atoms with E-state index in [0.717, 1.165) is 22.1 Å². The van der Waals surface area contributed by atoms with Crippen LogP contribution in [0.5, 0.6) is 0 Å². The first-order valence-corrected chi connectivity index (χ1v) is 4.61. The summed E-state index contributed by atoms with van der Waals surface area (Å²) in [5, 5.41) is 1.47. The van der Waals surface area contributed by atoms with Gasteiger partial charge in [0.05, 0.1) is 6.20 Å². The zero-order valence-corrected chi connectivity index (χ0v) is 7.92. The molecular formula is C10H6ClN3. The van der Waals surface area contributed by atoms with Crippen LogP contribution in [0.3, 0.4) is 0 Å². The molecular weight excluding hydrogens is 198 g/mol. The molecule has 0 unspecified atom stereocenters. The first-order chi connectivity index (χ1) is 6.84. The standard InChI is InChI=1S/C10H6ClN3/c11-8-5-12-10-9(14-8)6-3-1-2-4-7(6)13-10/h1-5H,(H,12,13). The summed E-state index contributed by atoms with van der Waals surface area (Å²) >= 11 is 5.79. The Balaban J connectivity index is 2.58. The van der Waals surface area contributed by atoms with Gasteiger partial charge in [0.15, 0.2) is 5.65 Å². The number of aromatic amines is 1. The van der Waals surface area contributed by atoms with Crippen molar-refractivity contribution in [2.75, 3.05) is 0 Å². The number of fused-ring (bicyclic) bond motifs is 3. The average molecular weight is 204 g/mol. The van der Waals surface area contributed by atoms with Gasteiger partial charge in [-0.2, -0.15) is 0 Å². The zero-order valence-electron chi connectivity index (χ0n) is 7.16. The van der Waals surface area contributed by atoms with Gasteiger partial charge in [0.1, 0.15) is 10.7 Å². The molecule has 14 heavy (non-hydrogen) atoms.